The molecule has 0 spiro atoms. The van der Waals surface area contributed by atoms with Crippen LogP contribution in [0.5, 0.6) is 0 Å². The second-order valence-electron chi connectivity index (χ2n) is 6.93. The lowest BCUT2D eigenvalue weighted by atomic mass is 10.2. The van der Waals surface area contributed by atoms with Gasteiger partial charge in [-0.15, -0.1) is 0 Å². The highest BCUT2D eigenvalue weighted by Crippen LogP contribution is 2.33. The first-order chi connectivity index (χ1) is 13.0. The highest BCUT2D eigenvalue weighted by Gasteiger charge is 2.35. The van der Waals surface area contributed by atoms with E-state index in [2.05, 4.69) is 15.3 Å². The molecule has 7 nitrogen and oxygen atoms in total. The molecule has 1 saturated carbocycles. The number of urea groups is 1. The molecule has 2 fully saturated rings. The highest BCUT2D eigenvalue weighted by molar-refractivity contribution is 7.17. The number of aromatic nitrogens is 2. The summed E-state index contributed by atoms with van der Waals surface area (Å²) in [5.41, 5.74) is 1.16. The third-order valence-corrected chi connectivity index (χ3v) is 5.89. The zero-order chi connectivity index (χ0) is 19.0. The summed E-state index contributed by atoms with van der Waals surface area (Å²) in [7, 11) is 0. The number of thiazole rings is 1. The minimum Gasteiger partial charge on any atom is -0.347 e. The minimum absolute atomic E-state index is 0.0338. The first-order valence-electron chi connectivity index (χ1n) is 8.93. The molecule has 1 saturated heterocycles. The van der Waals surface area contributed by atoms with Crippen LogP contribution in [0, 0.1) is 18.7 Å². The molecule has 0 bridgehead atoms. The Morgan fingerprint density at radius 3 is 2.93 bits per heavy atom. The number of rotatable bonds is 6. The van der Waals surface area contributed by atoms with Crippen LogP contribution in [0.15, 0.2) is 18.5 Å². The number of pyridine rings is 1. The lowest BCUT2D eigenvalue weighted by Gasteiger charge is -2.16. The van der Waals surface area contributed by atoms with Crippen molar-refractivity contribution in [2.24, 2.45) is 5.92 Å². The first kappa shape index (κ1) is 17.8. The van der Waals surface area contributed by atoms with Crippen LogP contribution in [0.3, 0.4) is 0 Å². The second kappa shape index (κ2) is 7.22. The van der Waals surface area contributed by atoms with Gasteiger partial charge in [0.25, 0.3) is 5.91 Å². The first-order valence-corrected chi connectivity index (χ1v) is 9.74. The Balaban J connectivity index is 1.41. The number of aryl methyl sites for hydroxylation is 1. The Labute approximate surface area is 160 Å². The van der Waals surface area contributed by atoms with Gasteiger partial charge in [-0.1, -0.05) is 11.3 Å². The molecule has 0 aromatic carbocycles. The maximum atomic E-state index is 13.2. The predicted octanol–water partition coefficient (Wildman–Crippen LogP) is 2.57. The summed E-state index contributed by atoms with van der Waals surface area (Å²) >= 11 is 1.21. The van der Waals surface area contributed by atoms with E-state index in [-0.39, 0.29) is 18.5 Å². The molecular weight excluding hydrogens is 369 g/mol. The van der Waals surface area contributed by atoms with E-state index < -0.39 is 5.82 Å². The van der Waals surface area contributed by atoms with Crippen molar-refractivity contribution in [2.75, 3.05) is 24.5 Å². The SMILES string of the molecule is Cc1nc(N2CCN(CC3CC3)C2=O)sc1C(=O)NCc1cncc(F)c1. The number of nitrogens with zero attached hydrogens (tertiary/aromatic N) is 4. The molecule has 4 rings (SSSR count). The summed E-state index contributed by atoms with van der Waals surface area (Å²) in [5, 5.41) is 3.30. The average molecular weight is 389 g/mol. The summed E-state index contributed by atoms with van der Waals surface area (Å²) in [6.07, 6.45) is 5.02. The largest absolute Gasteiger partial charge is 0.347 e. The number of carbonyl (C=O) groups excluding carboxylic acids is 2. The molecule has 0 atom stereocenters. The van der Waals surface area contributed by atoms with Crippen molar-refractivity contribution >= 4 is 28.4 Å². The third-order valence-electron chi connectivity index (χ3n) is 4.71. The van der Waals surface area contributed by atoms with Crippen molar-refractivity contribution in [3.63, 3.8) is 0 Å². The zero-order valence-corrected chi connectivity index (χ0v) is 15.8. The van der Waals surface area contributed by atoms with Crippen molar-refractivity contribution < 1.29 is 14.0 Å². The predicted molar refractivity (Wildman–Crippen MR) is 99.3 cm³/mol. The van der Waals surface area contributed by atoms with Crippen molar-refractivity contribution in [1.82, 2.24) is 20.2 Å². The summed E-state index contributed by atoms with van der Waals surface area (Å²) in [6, 6.07) is 1.30. The number of amides is 3. The summed E-state index contributed by atoms with van der Waals surface area (Å²) in [5.74, 6) is -0.0890. The quantitative estimate of drug-likeness (QED) is 0.824. The monoisotopic (exact) mass is 389 g/mol. The van der Waals surface area contributed by atoms with E-state index in [0.717, 1.165) is 12.7 Å². The third kappa shape index (κ3) is 3.92. The molecule has 3 heterocycles. The maximum absolute atomic E-state index is 13.2. The Morgan fingerprint density at radius 1 is 1.37 bits per heavy atom. The molecule has 3 amide bonds. The van der Waals surface area contributed by atoms with Gasteiger partial charge in [-0.05, 0) is 37.3 Å². The lowest BCUT2D eigenvalue weighted by Crippen LogP contribution is -2.33. The van der Waals surface area contributed by atoms with Crippen LogP contribution in [-0.4, -0.2) is 46.4 Å². The van der Waals surface area contributed by atoms with E-state index in [9.17, 15) is 14.0 Å². The normalized spacial score (nSPS) is 16.9. The van der Waals surface area contributed by atoms with Gasteiger partial charge in [0.1, 0.15) is 10.7 Å². The van der Waals surface area contributed by atoms with Crippen LogP contribution in [-0.2, 0) is 6.54 Å². The molecule has 142 valence electrons. The van der Waals surface area contributed by atoms with Gasteiger partial charge in [0.15, 0.2) is 5.13 Å². The maximum Gasteiger partial charge on any atom is 0.326 e. The van der Waals surface area contributed by atoms with Gasteiger partial charge in [0, 0.05) is 32.4 Å². The van der Waals surface area contributed by atoms with Crippen LogP contribution in [0.2, 0.25) is 0 Å². The van der Waals surface area contributed by atoms with Gasteiger partial charge >= 0.3 is 6.03 Å². The highest BCUT2D eigenvalue weighted by atomic mass is 32.1. The van der Waals surface area contributed by atoms with Crippen LogP contribution < -0.4 is 10.2 Å². The fourth-order valence-corrected chi connectivity index (χ4v) is 4.07. The standard InChI is InChI=1S/C18H20FN5O2S/c1-11-15(16(25)21-8-13-6-14(19)9-20-7-13)27-17(22-11)24-5-4-23(18(24)26)10-12-2-3-12/h6-7,9,12H,2-5,8,10H2,1H3,(H,21,25). The molecule has 2 aromatic heterocycles. The molecule has 1 aliphatic carbocycles. The van der Waals surface area contributed by atoms with Gasteiger partial charge in [0.2, 0.25) is 0 Å². The van der Waals surface area contributed by atoms with E-state index in [4.69, 9.17) is 0 Å². The molecule has 27 heavy (non-hydrogen) atoms. The Hall–Kier alpha value is -2.55. The topological polar surface area (TPSA) is 78.4 Å². The van der Waals surface area contributed by atoms with Gasteiger partial charge < -0.3 is 10.2 Å². The molecule has 1 N–H and O–H groups in total. The minimum atomic E-state index is -0.443. The summed E-state index contributed by atoms with van der Waals surface area (Å²) in [6.45, 7) is 4.03. The number of halogens is 1. The number of hydrogen-bond donors (Lipinski definition) is 1. The van der Waals surface area contributed by atoms with E-state index in [0.29, 0.717) is 40.3 Å². The molecule has 2 aromatic rings. The van der Waals surface area contributed by atoms with Crippen LogP contribution in [0.4, 0.5) is 14.3 Å². The number of anilines is 1. The molecule has 1 aliphatic heterocycles. The molecule has 9 heteroatoms. The van der Waals surface area contributed by atoms with Crippen molar-refractivity contribution in [3.05, 3.63) is 40.4 Å². The van der Waals surface area contributed by atoms with Gasteiger partial charge in [0.05, 0.1) is 11.9 Å². The smallest absolute Gasteiger partial charge is 0.326 e. The van der Waals surface area contributed by atoms with Crippen LogP contribution in [0.25, 0.3) is 0 Å². The fraction of sp³-hybridized carbons (Fsp3) is 0.444. The second-order valence-corrected chi connectivity index (χ2v) is 7.91. The zero-order valence-electron chi connectivity index (χ0n) is 14.9. The van der Waals surface area contributed by atoms with E-state index >= 15 is 0 Å². The lowest BCUT2D eigenvalue weighted by molar-refractivity contribution is 0.0954. The van der Waals surface area contributed by atoms with Crippen LogP contribution in [0.1, 0.15) is 33.8 Å². The molecule has 2 aliphatic rings. The van der Waals surface area contributed by atoms with Crippen molar-refractivity contribution in [1.29, 1.82) is 0 Å². The van der Waals surface area contributed by atoms with Crippen molar-refractivity contribution in [3.8, 4) is 0 Å². The summed E-state index contributed by atoms with van der Waals surface area (Å²) in [4.78, 5) is 37.2. The van der Waals surface area contributed by atoms with Gasteiger partial charge in [-0.2, -0.15) is 0 Å². The number of carbonyl (C=O) groups is 2. The van der Waals surface area contributed by atoms with E-state index in [1.807, 2.05) is 4.90 Å². The molecular formula is C18H20FN5O2S. The Kier molecular flexibility index (Phi) is 4.77. The van der Waals surface area contributed by atoms with Gasteiger partial charge in [-0.25, -0.2) is 14.2 Å². The average Bonchev–Trinajstić information content (AvgIpc) is 3.28. The molecule has 0 radical (unpaired) electrons. The Morgan fingerprint density at radius 2 is 2.19 bits per heavy atom. The van der Waals surface area contributed by atoms with Gasteiger partial charge in [-0.3, -0.25) is 14.7 Å². The fourth-order valence-electron chi connectivity index (χ4n) is 3.07. The Bertz CT molecular complexity index is 882. The van der Waals surface area contributed by atoms with E-state index in [1.165, 1.54) is 36.4 Å². The molecule has 0 unspecified atom stereocenters. The number of nitrogens with one attached hydrogen (secondary N) is 1. The van der Waals surface area contributed by atoms with Crippen LogP contribution >= 0.6 is 11.3 Å². The van der Waals surface area contributed by atoms with E-state index in [1.54, 1.807) is 11.8 Å². The number of hydrogen-bond acceptors (Lipinski definition) is 5. The summed E-state index contributed by atoms with van der Waals surface area (Å²) < 4.78 is 13.2. The van der Waals surface area contributed by atoms with Crippen molar-refractivity contribution in [2.45, 2.75) is 26.3 Å².